The number of phosphoric acid groups is 1. The number of rotatable bonds is 35. The lowest BCUT2D eigenvalue weighted by Crippen LogP contribution is -2.30. The fourth-order valence-electron chi connectivity index (χ4n) is 5.02. The average Bonchev–Trinajstić information content (AvgIpc) is 3.11. The average molecular weight is 760 g/mol. The Bertz CT molecular complexity index is 1050. The van der Waals surface area contributed by atoms with Crippen LogP contribution in [0.2, 0.25) is 0 Å². The number of nitrogens with two attached hydrogens (primary N) is 1. The third-order valence-corrected chi connectivity index (χ3v) is 9.07. The zero-order valence-corrected chi connectivity index (χ0v) is 32.8. The van der Waals surface area contributed by atoms with Crippen LogP contribution in [0.4, 0.5) is 0 Å². The molecule has 0 spiro atoms. The lowest BCUT2D eigenvalue weighted by Gasteiger charge is -2.20. The summed E-state index contributed by atoms with van der Waals surface area (Å²) in [4.78, 5) is 34.7. The molecule has 0 saturated heterocycles. The topological polar surface area (TPSA) is 195 Å². The summed E-state index contributed by atoms with van der Waals surface area (Å²) in [6.07, 6.45) is 26.6. The molecule has 13 heteroatoms. The number of ether oxygens (including phenoxy) is 2. The Morgan fingerprint density at radius 3 is 1.81 bits per heavy atom. The Kier molecular flexibility index (Phi) is 33.2. The largest absolute Gasteiger partial charge is 0.472 e. The number of aliphatic hydroxyl groups is 3. The maximum atomic E-state index is 12.5. The Hall–Kier alpha value is -2.15. The molecule has 0 rings (SSSR count). The number of carbonyl (C=O) groups is 2. The second-order valence-corrected chi connectivity index (χ2v) is 14.5. The molecule has 0 aromatic carbocycles. The van der Waals surface area contributed by atoms with Gasteiger partial charge in [0.15, 0.2) is 6.10 Å². The molecule has 6 N–H and O–H groups in total. The molecule has 0 aromatic heterocycles. The molecule has 0 fully saturated rings. The number of unbranched alkanes of at least 4 members (excludes halogenated alkanes) is 12. The van der Waals surface area contributed by atoms with Crippen LogP contribution in [-0.2, 0) is 32.7 Å². The molecule has 0 bridgehead atoms. The molecule has 0 amide bonds. The number of carbonyl (C=O) groups excluding carboxylic acids is 2. The predicted octanol–water partition coefficient (Wildman–Crippen LogP) is 7.29. The highest BCUT2D eigenvalue weighted by molar-refractivity contribution is 7.47. The van der Waals surface area contributed by atoms with Gasteiger partial charge in [0.25, 0.3) is 0 Å². The van der Waals surface area contributed by atoms with Gasteiger partial charge in [-0.15, -0.1) is 0 Å². The number of aliphatic hydroxyl groups excluding tert-OH is 3. The molecular formula is C39H70NO11P. The first-order valence-electron chi connectivity index (χ1n) is 19.4. The molecule has 0 aliphatic heterocycles. The van der Waals surface area contributed by atoms with Gasteiger partial charge in [-0.25, -0.2) is 4.57 Å². The van der Waals surface area contributed by atoms with Crippen LogP contribution in [0, 0.1) is 0 Å². The zero-order valence-electron chi connectivity index (χ0n) is 31.9. The minimum absolute atomic E-state index is 0.00396. The highest BCUT2D eigenvalue weighted by atomic mass is 31.2. The predicted molar refractivity (Wildman–Crippen MR) is 205 cm³/mol. The van der Waals surface area contributed by atoms with Gasteiger partial charge in [0.2, 0.25) is 0 Å². The number of esters is 2. The van der Waals surface area contributed by atoms with E-state index in [0.29, 0.717) is 6.42 Å². The normalized spacial score (nSPS) is 15.8. The first-order valence-corrected chi connectivity index (χ1v) is 20.9. The number of hydrogen-bond donors (Lipinski definition) is 5. The smallest absolute Gasteiger partial charge is 0.462 e. The van der Waals surface area contributed by atoms with Crippen molar-refractivity contribution in [3.05, 3.63) is 48.6 Å². The van der Waals surface area contributed by atoms with Crippen LogP contribution in [0.15, 0.2) is 48.6 Å². The maximum Gasteiger partial charge on any atom is 0.472 e. The van der Waals surface area contributed by atoms with Crippen molar-refractivity contribution in [1.82, 2.24) is 0 Å². The highest BCUT2D eigenvalue weighted by Gasteiger charge is 2.26. The van der Waals surface area contributed by atoms with Gasteiger partial charge in [-0.05, 0) is 25.7 Å². The van der Waals surface area contributed by atoms with E-state index in [2.05, 4.69) is 13.8 Å². The van der Waals surface area contributed by atoms with E-state index in [0.717, 1.165) is 44.9 Å². The van der Waals surface area contributed by atoms with Gasteiger partial charge in [0.05, 0.1) is 31.5 Å². The van der Waals surface area contributed by atoms with Crippen molar-refractivity contribution in [2.45, 2.75) is 160 Å². The van der Waals surface area contributed by atoms with Crippen LogP contribution in [-0.4, -0.2) is 82.9 Å². The third-order valence-electron chi connectivity index (χ3n) is 8.08. The third kappa shape index (κ3) is 32.5. The first-order chi connectivity index (χ1) is 25.0. The van der Waals surface area contributed by atoms with E-state index in [1.807, 2.05) is 0 Å². The number of hydrogen-bond acceptors (Lipinski definition) is 11. The van der Waals surface area contributed by atoms with E-state index in [4.69, 9.17) is 24.3 Å². The molecule has 0 heterocycles. The highest BCUT2D eigenvalue weighted by Crippen LogP contribution is 2.43. The van der Waals surface area contributed by atoms with E-state index in [1.165, 1.54) is 51.0 Å². The monoisotopic (exact) mass is 759 g/mol. The van der Waals surface area contributed by atoms with Crippen LogP contribution in [0.25, 0.3) is 0 Å². The number of allylic oxidation sites excluding steroid dienone is 6. The molecule has 0 radical (unpaired) electrons. The Labute approximate surface area is 313 Å². The van der Waals surface area contributed by atoms with Gasteiger partial charge in [0, 0.05) is 19.4 Å². The Balaban J connectivity index is 4.57. The fraction of sp³-hybridized carbons (Fsp3) is 0.744. The summed E-state index contributed by atoms with van der Waals surface area (Å²) in [7, 11) is -4.45. The van der Waals surface area contributed by atoms with Crippen LogP contribution in [0.1, 0.15) is 136 Å². The van der Waals surface area contributed by atoms with Crippen LogP contribution in [0.3, 0.4) is 0 Å². The van der Waals surface area contributed by atoms with Crippen molar-refractivity contribution in [3.63, 3.8) is 0 Å². The summed E-state index contributed by atoms with van der Waals surface area (Å²) in [5.41, 5.74) is 5.31. The SMILES string of the molecule is CCCCCCCCCCCCCC(=O)O[C@H](COC(=O)CCC[C@@H](O)[C@H](O)/C=C/C=C/C=C\C=C\[C@H](O)CCCCC)COP(=O)(O)OCCN. The van der Waals surface area contributed by atoms with Crippen LogP contribution >= 0.6 is 7.82 Å². The van der Waals surface area contributed by atoms with Gasteiger partial charge in [-0.1, -0.05) is 146 Å². The first kappa shape index (κ1) is 49.9. The van der Waals surface area contributed by atoms with Gasteiger partial charge >= 0.3 is 19.8 Å². The van der Waals surface area contributed by atoms with Crippen molar-refractivity contribution in [1.29, 1.82) is 0 Å². The van der Waals surface area contributed by atoms with E-state index >= 15 is 0 Å². The molecule has 0 aliphatic rings. The van der Waals surface area contributed by atoms with E-state index in [-0.39, 0.29) is 38.8 Å². The maximum absolute atomic E-state index is 12.5. The second-order valence-electron chi connectivity index (χ2n) is 13.0. The summed E-state index contributed by atoms with van der Waals surface area (Å²) in [5.74, 6) is -1.16. The van der Waals surface area contributed by atoms with Crippen molar-refractivity contribution in [2.24, 2.45) is 5.73 Å². The van der Waals surface area contributed by atoms with Gasteiger partial charge < -0.3 is 35.4 Å². The molecule has 0 aromatic rings. The standard InChI is InChI=1S/C39H70NO11P/c1-3-5-7-8-9-10-11-12-13-18-22-28-39(45)51-35(33-50-52(46,47)49-31-30-40)32-48-38(44)29-23-27-37(43)36(42)26-21-17-15-14-16-20-25-34(41)24-19-6-4-2/h14-17,20-21,25-26,34-37,41-43H,3-13,18-19,22-24,27-33,40H2,1-2H3,(H,46,47)/b16-14-,17-15+,25-20+,26-21+/t34-,35-,36-,37-/m1/s1. The van der Waals surface area contributed by atoms with Gasteiger partial charge in [0.1, 0.15) is 6.61 Å². The summed E-state index contributed by atoms with van der Waals surface area (Å²) in [6, 6.07) is 0. The minimum atomic E-state index is -4.45. The van der Waals surface area contributed by atoms with E-state index in [1.54, 1.807) is 42.5 Å². The van der Waals surface area contributed by atoms with E-state index in [9.17, 15) is 34.4 Å². The van der Waals surface area contributed by atoms with E-state index < -0.39 is 57.4 Å². The Morgan fingerprint density at radius 1 is 0.654 bits per heavy atom. The second kappa shape index (κ2) is 34.6. The summed E-state index contributed by atoms with van der Waals surface area (Å²) in [5, 5.41) is 30.3. The van der Waals surface area contributed by atoms with Crippen LogP contribution < -0.4 is 5.73 Å². The van der Waals surface area contributed by atoms with Crippen molar-refractivity contribution in [3.8, 4) is 0 Å². The lowest BCUT2D eigenvalue weighted by molar-refractivity contribution is -0.161. The molecule has 12 nitrogen and oxygen atoms in total. The quantitative estimate of drug-likeness (QED) is 0.0188. The molecule has 1 unspecified atom stereocenters. The molecule has 5 atom stereocenters. The minimum Gasteiger partial charge on any atom is -0.462 e. The summed E-state index contributed by atoms with van der Waals surface area (Å²) in [6.45, 7) is 3.19. The van der Waals surface area contributed by atoms with Crippen LogP contribution in [0.5, 0.6) is 0 Å². The summed E-state index contributed by atoms with van der Waals surface area (Å²) >= 11 is 0. The van der Waals surface area contributed by atoms with Crippen molar-refractivity contribution < 1.29 is 52.9 Å². The summed E-state index contributed by atoms with van der Waals surface area (Å²) < 4.78 is 32.4. The Morgan fingerprint density at radius 2 is 1.19 bits per heavy atom. The van der Waals surface area contributed by atoms with Crippen molar-refractivity contribution in [2.75, 3.05) is 26.4 Å². The fourth-order valence-corrected chi connectivity index (χ4v) is 5.78. The molecule has 302 valence electrons. The van der Waals surface area contributed by atoms with Gasteiger partial charge in [-0.2, -0.15) is 0 Å². The molecule has 0 aliphatic carbocycles. The number of phosphoric ester groups is 1. The zero-order chi connectivity index (χ0) is 38.7. The lowest BCUT2D eigenvalue weighted by atomic mass is 10.1. The van der Waals surface area contributed by atoms with Crippen molar-refractivity contribution >= 4 is 19.8 Å². The molecular weight excluding hydrogens is 689 g/mol. The molecule has 52 heavy (non-hydrogen) atoms. The molecule has 0 saturated carbocycles. The van der Waals surface area contributed by atoms with Gasteiger partial charge in [-0.3, -0.25) is 18.6 Å².